The minimum atomic E-state index is -0.713. The number of nitrogens with one attached hydrogen (secondary N) is 1. The van der Waals surface area contributed by atoms with E-state index >= 15 is 0 Å². The van der Waals surface area contributed by atoms with Gasteiger partial charge in [-0.1, -0.05) is 18.2 Å². The summed E-state index contributed by atoms with van der Waals surface area (Å²) in [6.45, 7) is 2.43. The second-order valence-electron chi connectivity index (χ2n) is 3.98. The number of anilines is 1. The molecule has 1 aliphatic heterocycles. The Hall–Kier alpha value is -1.88. The molecule has 0 aliphatic carbocycles. The average Bonchev–Trinajstić information content (AvgIpc) is 2.37. The van der Waals surface area contributed by atoms with Gasteiger partial charge >= 0.3 is 0 Å². The molecule has 17 heavy (non-hydrogen) atoms. The molecule has 0 radical (unpaired) electrons. The van der Waals surface area contributed by atoms with Crippen LogP contribution in [0.15, 0.2) is 24.3 Å². The molecular formula is C12H15N3O2. The Morgan fingerprint density at radius 2 is 2.24 bits per heavy atom. The normalized spacial score (nSPS) is 18.8. The van der Waals surface area contributed by atoms with E-state index in [0.29, 0.717) is 13.0 Å². The maximum Gasteiger partial charge on any atom is 0.246 e. The van der Waals surface area contributed by atoms with Crippen molar-refractivity contribution in [2.75, 3.05) is 11.4 Å². The molecule has 0 saturated carbocycles. The van der Waals surface area contributed by atoms with Crippen molar-refractivity contribution in [3.8, 4) is 0 Å². The fourth-order valence-electron chi connectivity index (χ4n) is 2.19. The topological polar surface area (TPSA) is 75.4 Å². The first-order chi connectivity index (χ1) is 8.19. The van der Waals surface area contributed by atoms with Crippen molar-refractivity contribution in [3.63, 3.8) is 0 Å². The summed E-state index contributed by atoms with van der Waals surface area (Å²) in [6, 6.07) is 7.62. The number of benzene rings is 1. The SMILES string of the molecule is CCN1C(=O)C(C(=O)NN)Cc2ccccc21. The van der Waals surface area contributed by atoms with Crippen LogP contribution in [0.2, 0.25) is 0 Å². The third-order valence-corrected chi connectivity index (χ3v) is 3.05. The van der Waals surface area contributed by atoms with Gasteiger partial charge in [0.05, 0.1) is 0 Å². The molecule has 2 amide bonds. The summed E-state index contributed by atoms with van der Waals surface area (Å²) in [7, 11) is 0. The first-order valence-corrected chi connectivity index (χ1v) is 5.58. The molecule has 2 rings (SSSR count). The highest BCUT2D eigenvalue weighted by Crippen LogP contribution is 2.30. The van der Waals surface area contributed by atoms with Gasteiger partial charge in [0.2, 0.25) is 11.8 Å². The van der Waals surface area contributed by atoms with Gasteiger partial charge in [0, 0.05) is 12.2 Å². The number of nitrogens with two attached hydrogens (primary N) is 1. The van der Waals surface area contributed by atoms with Crippen LogP contribution >= 0.6 is 0 Å². The minimum Gasteiger partial charge on any atom is -0.312 e. The molecule has 0 bridgehead atoms. The van der Waals surface area contributed by atoms with E-state index in [1.807, 2.05) is 31.2 Å². The lowest BCUT2D eigenvalue weighted by Gasteiger charge is -2.32. The van der Waals surface area contributed by atoms with Crippen molar-refractivity contribution < 1.29 is 9.59 Å². The van der Waals surface area contributed by atoms with Gasteiger partial charge in [-0.3, -0.25) is 15.0 Å². The van der Waals surface area contributed by atoms with Crippen molar-refractivity contribution in [1.29, 1.82) is 0 Å². The Balaban J connectivity index is 2.42. The van der Waals surface area contributed by atoms with Gasteiger partial charge in [0.1, 0.15) is 5.92 Å². The van der Waals surface area contributed by atoms with Gasteiger partial charge in [-0.2, -0.15) is 0 Å². The Bertz CT molecular complexity index is 459. The monoisotopic (exact) mass is 233 g/mol. The number of para-hydroxylation sites is 1. The average molecular weight is 233 g/mol. The Morgan fingerprint density at radius 1 is 1.53 bits per heavy atom. The van der Waals surface area contributed by atoms with Crippen molar-refractivity contribution in [1.82, 2.24) is 5.43 Å². The van der Waals surface area contributed by atoms with Gasteiger partial charge in [0.25, 0.3) is 0 Å². The molecule has 0 fully saturated rings. The lowest BCUT2D eigenvalue weighted by molar-refractivity contribution is -0.134. The van der Waals surface area contributed by atoms with Crippen LogP contribution in [-0.2, 0) is 16.0 Å². The van der Waals surface area contributed by atoms with Gasteiger partial charge in [-0.25, -0.2) is 5.84 Å². The summed E-state index contributed by atoms with van der Waals surface area (Å²) in [5.74, 6) is 3.77. The highest BCUT2D eigenvalue weighted by atomic mass is 16.2. The minimum absolute atomic E-state index is 0.186. The highest BCUT2D eigenvalue weighted by molar-refractivity contribution is 6.09. The van der Waals surface area contributed by atoms with Crippen molar-refractivity contribution in [3.05, 3.63) is 29.8 Å². The van der Waals surface area contributed by atoms with Crippen LogP contribution < -0.4 is 16.2 Å². The number of amides is 2. The second kappa shape index (κ2) is 4.55. The number of fused-ring (bicyclic) bond motifs is 1. The molecule has 1 aliphatic rings. The largest absolute Gasteiger partial charge is 0.312 e. The summed E-state index contributed by atoms with van der Waals surface area (Å²) in [5.41, 5.74) is 3.95. The van der Waals surface area contributed by atoms with E-state index in [1.54, 1.807) is 4.90 Å². The number of carbonyl (C=O) groups excluding carboxylic acids is 2. The second-order valence-corrected chi connectivity index (χ2v) is 3.98. The molecule has 3 N–H and O–H groups in total. The van der Waals surface area contributed by atoms with Crippen LogP contribution in [0.5, 0.6) is 0 Å². The van der Waals surface area contributed by atoms with E-state index in [1.165, 1.54) is 0 Å². The summed E-state index contributed by atoms with van der Waals surface area (Å²) in [6.07, 6.45) is 0.411. The van der Waals surface area contributed by atoms with Crippen molar-refractivity contribution >= 4 is 17.5 Å². The number of nitrogens with zero attached hydrogens (tertiary/aromatic N) is 1. The van der Waals surface area contributed by atoms with Crippen LogP contribution in [0.4, 0.5) is 5.69 Å². The number of hydrazine groups is 1. The van der Waals surface area contributed by atoms with Crippen LogP contribution in [0.3, 0.4) is 0 Å². The number of hydrogen-bond acceptors (Lipinski definition) is 3. The molecule has 0 spiro atoms. The smallest absolute Gasteiger partial charge is 0.246 e. The van der Waals surface area contributed by atoms with Crippen LogP contribution in [0.25, 0.3) is 0 Å². The fourth-order valence-corrected chi connectivity index (χ4v) is 2.19. The molecule has 1 unspecified atom stereocenters. The lowest BCUT2D eigenvalue weighted by atomic mass is 9.91. The summed E-state index contributed by atoms with van der Waals surface area (Å²) in [4.78, 5) is 25.3. The lowest BCUT2D eigenvalue weighted by Crippen LogP contribution is -2.49. The van der Waals surface area contributed by atoms with Gasteiger partial charge < -0.3 is 4.90 Å². The van der Waals surface area contributed by atoms with Crippen molar-refractivity contribution in [2.45, 2.75) is 13.3 Å². The Kier molecular flexibility index (Phi) is 3.10. The molecule has 1 heterocycles. The van der Waals surface area contributed by atoms with Crippen LogP contribution in [-0.4, -0.2) is 18.4 Å². The van der Waals surface area contributed by atoms with E-state index in [4.69, 9.17) is 5.84 Å². The molecule has 1 aromatic carbocycles. The first-order valence-electron chi connectivity index (χ1n) is 5.58. The van der Waals surface area contributed by atoms with E-state index in [9.17, 15) is 9.59 Å². The molecule has 90 valence electrons. The number of carbonyl (C=O) groups is 2. The quantitative estimate of drug-likeness (QED) is 0.331. The summed E-state index contributed by atoms with van der Waals surface area (Å²) in [5, 5.41) is 0. The fraction of sp³-hybridized carbons (Fsp3) is 0.333. The van der Waals surface area contributed by atoms with E-state index < -0.39 is 11.8 Å². The van der Waals surface area contributed by atoms with E-state index in [0.717, 1.165) is 11.3 Å². The molecule has 0 aromatic heterocycles. The third-order valence-electron chi connectivity index (χ3n) is 3.05. The maximum atomic E-state index is 12.1. The number of hydrogen-bond donors (Lipinski definition) is 2. The molecule has 5 heteroatoms. The first kappa shape index (κ1) is 11.6. The zero-order valence-electron chi connectivity index (χ0n) is 9.64. The van der Waals surface area contributed by atoms with Gasteiger partial charge in [0.15, 0.2) is 0 Å². The predicted octanol–water partition coefficient (Wildman–Crippen LogP) is 0.202. The number of rotatable bonds is 2. The Morgan fingerprint density at radius 3 is 2.88 bits per heavy atom. The Labute approximate surface area is 99.6 Å². The molecular weight excluding hydrogens is 218 g/mol. The van der Waals surface area contributed by atoms with Crippen molar-refractivity contribution in [2.24, 2.45) is 11.8 Å². The molecule has 1 atom stereocenters. The van der Waals surface area contributed by atoms with E-state index in [2.05, 4.69) is 5.43 Å². The van der Waals surface area contributed by atoms with Gasteiger partial charge in [-0.15, -0.1) is 0 Å². The van der Waals surface area contributed by atoms with E-state index in [-0.39, 0.29) is 5.91 Å². The van der Waals surface area contributed by atoms with Crippen LogP contribution in [0, 0.1) is 5.92 Å². The summed E-state index contributed by atoms with van der Waals surface area (Å²) < 4.78 is 0. The molecule has 1 aromatic rings. The maximum absolute atomic E-state index is 12.1. The summed E-state index contributed by atoms with van der Waals surface area (Å²) >= 11 is 0. The predicted molar refractivity (Wildman–Crippen MR) is 64.0 cm³/mol. The molecule has 5 nitrogen and oxygen atoms in total. The van der Waals surface area contributed by atoms with Gasteiger partial charge in [-0.05, 0) is 25.0 Å². The molecule has 0 saturated heterocycles. The third kappa shape index (κ3) is 1.89. The van der Waals surface area contributed by atoms with Crippen LogP contribution in [0.1, 0.15) is 12.5 Å². The zero-order valence-corrected chi connectivity index (χ0v) is 9.64. The standard InChI is InChI=1S/C12H15N3O2/c1-2-15-10-6-4-3-5-8(10)7-9(12(15)17)11(16)14-13/h3-6,9H,2,7,13H2,1H3,(H,14,16). The highest BCUT2D eigenvalue weighted by Gasteiger charge is 2.36. The zero-order chi connectivity index (χ0) is 12.4.